The number of rotatable bonds is 6. The van der Waals surface area contributed by atoms with E-state index in [9.17, 15) is 4.79 Å². The van der Waals surface area contributed by atoms with Gasteiger partial charge in [-0.3, -0.25) is 4.79 Å². The molecule has 0 fully saturated rings. The van der Waals surface area contributed by atoms with Gasteiger partial charge in [-0.25, -0.2) is 0 Å². The number of hydrogen-bond acceptors (Lipinski definition) is 3. The summed E-state index contributed by atoms with van der Waals surface area (Å²) in [6.45, 7) is 11.3. The highest BCUT2D eigenvalue weighted by molar-refractivity contribution is 5.73. The van der Waals surface area contributed by atoms with Crippen molar-refractivity contribution in [1.29, 1.82) is 5.41 Å². The minimum atomic E-state index is -0.0927. The minimum absolute atomic E-state index is 0.0625. The molecule has 0 bridgehead atoms. The van der Waals surface area contributed by atoms with Crippen LogP contribution in [0.5, 0.6) is 0 Å². The van der Waals surface area contributed by atoms with Gasteiger partial charge in [0.1, 0.15) is 0 Å². The van der Waals surface area contributed by atoms with Crippen molar-refractivity contribution in [3.63, 3.8) is 0 Å². The molecule has 1 amide bonds. The third kappa shape index (κ3) is 5.20. The van der Waals surface area contributed by atoms with Crippen LogP contribution < -0.4 is 10.6 Å². The van der Waals surface area contributed by atoms with Gasteiger partial charge in [0.2, 0.25) is 5.91 Å². The van der Waals surface area contributed by atoms with Crippen LogP contribution in [0.25, 0.3) is 0 Å². The molecule has 86 valence electrons. The molecule has 0 aliphatic carbocycles. The van der Waals surface area contributed by atoms with Gasteiger partial charge in [0.25, 0.3) is 0 Å². The molecular formula is C11H21N3O. The summed E-state index contributed by atoms with van der Waals surface area (Å²) in [6.07, 6.45) is 1.30. The van der Waals surface area contributed by atoms with Crippen molar-refractivity contribution in [2.75, 3.05) is 0 Å². The molecule has 2 atom stereocenters. The Labute approximate surface area is 91.6 Å². The van der Waals surface area contributed by atoms with Crippen molar-refractivity contribution in [3.8, 4) is 0 Å². The molecule has 0 aliphatic heterocycles. The van der Waals surface area contributed by atoms with Gasteiger partial charge in [-0.05, 0) is 12.8 Å². The molecule has 0 rings (SSSR count). The van der Waals surface area contributed by atoms with Crippen molar-refractivity contribution in [2.24, 2.45) is 5.92 Å². The lowest BCUT2D eigenvalue weighted by atomic mass is 10.0. The van der Waals surface area contributed by atoms with Crippen LogP contribution in [-0.4, -0.2) is 24.2 Å². The molecule has 0 saturated carbocycles. The molecule has 4 nitrogen and oxygen atoms in total. The van der Waals surface area contributed by atoms with Crippen molar-refractivity contribution >= 4 is 12.1 Å². The van der Waals surface area contributed by atoms with E-state index in [4.69, 9.17) is 5.41 Å². The molecule has 0 saturated heterocycles. The van der Waals surface area contributed by atoms with Crippen molar-refractivity contribution < 1.29 is 4.79 Å². The fourth-order valence-corrected chi connectivity index (χ4v) is 1.30. The Hall–Kier alpha value is -1.32. The number of carbonyl (C=O) groups is 1. The van der Waals surface area contributed by atoms with Crippen LogP contribution in [0, 0.1) is 11.3 Å². The van der Waals surface area contributed by atoms with Crippen molar-refractivity contribution in [3.05, 3.63) is 12.3 Å². The molecule has 0 heterocycles. The summed E-state index contributed by atoms with van der Waals surface area (Å²) in [5.41, 5.74) is 0.746. The second kappa shape index (κ2) is 6.22. The maximum atomic E-state index is 11.0. The fourth-order valence-electron chi connectivity index (χ4n) is 1.30. The Balaban J connectivity index is 4.42. The van der Waals surface area contributed by atoms with E-state index in [-0.39, 0.29) is 23.9 Å². The highest BCUT2D eigenvalue weighted by Crippen LogP contribution is 2.08. The molecule has 15 heavy (non-hydrogen) atoms. The van der Waals surface area contributed by atoms with Gasteiger partial charge < -0.3 is 16.0 Å². The Morgan fingerprint density at radius 1 is 1.33 bits per heavy atom. The number of hydrogen-bond donors (Lipinski definition) is 3. The molecule has 2 unspecified atom stereocenters. The summed E-state index contributed by atoms with van der Waals surface area (Å²) < 4.78 is 0. The third-order valence-corrected chi connectivity index (χ3v) is 2.06. The van der Waals surface area contributed by atoms with E-state index in [1.807, 2.05) is 20.8 Å². The summed E-state index contributed by atoms with van der Waals surface area (Å²) in [6, 6.07) is -0.155. The van der Waals surface area contributed by atoms with Gasteiger partial charge in [-0.15, -0.1) is 0 Å². The van der Waals surface area contributed by atoms with E-state index >= 15 is 0 Å². The van der Waals surface area contributed by atoms with Gasteiger partial charge in [0.15, 0.2) is 0 Å². The average Bonchev–Trinajstić information content (AvgIpc) is 2.12. The van der Waals surface area contributed by atoms with E-state index in [0.717, 1.165) is 5.70 Å². The smallest absolute Gasteiger partial charge is 0.217 e. The molecular weight excluding hydrogens is 190 g/mol. The first-order chi connectivity index (χ1) is 6.88. The largest absolute Gasteiger partial charge is 0.380 e. The summed E-state index contributed by atoms with van der Waals surface area (Å²) >= 11 is 0. The average molecular weight is 211 g/mol. The molecule has 0 aromatic rings. The topological polar surface area (TPSA) is 65.0 Å². The lowest BCUT2D eigenvalue weighted by molar-refractivity contribution is -0.119. The summed E-state index contributed by atoms with van der Waals surface area (Å²) in [4.78, 5) is 11.0. The predicted molar refractivity (Wildman–Crippen MR) is 63.0 cm³/mol. The van der Waals surface area contributed by atoms with Crippen LogP contribution >= 0.6 is 0 Å². The normalized spacial score (nSPS) is 14.2. The van der Waals surface area contributed by atoms with Gasteiger partial charge in [0, 0.05) is 18.8 Å². The van der Waals surface area contributed by atoms with Gasteiger partial charge in [-0.1, -0.05) is 20.4 Å². The summed E-state index contributed by atoms with van der Waals surface area (Å²) in [5.74, 6) is 0.200. The first-order valence-corrected chi connectivity index (χ1v) is 5.11. The Bertz CT molecular complexity index is 248. The van der Waals surface area contributed by atoms with Crippen LogP contribution in [0.15, 0.2) is 12.3 Å². The van der Waals surface area contributed by atoms with E-state index in [2.05, 4.69) is 17.2 Å². The zero-order chi connectivity index (χ0) is 12.0. The first-order valence-electron chi connectivity index (χ1n) is 5.11. The monoisotopic (exact) mass is 211 g/mol. The fraction of sp³-hybridized carbons (Fsp3) is 0.636. The zero-order valence-electron chi connectivity index (χ0n) is 9.92. The van der Waals surface area contributed by atoms with Crippen molar-refractivity contribution in [1.82, 2.24) is 10.6 Å². The van der Waals surface area contributed by atoms with Crippen LogP contribution in [0.3, 0.4) is 0 Å². The molecule has 3 N–H and O–H groups in total. The summed E-state index contributed by atoms with van der Waals surface area (Å²) in [5, 5.41) is 13.0. The van der Waals surface area contributed by atoms with Gasteiger partial charge in [0.05, 0.1) is 12.1 Å². The Morgan fingerprint density at radius 3 is 2.20 bits per heavy atom. The maximum absolute atomic E-state index is 11.0. The van der Waals surface area contributed by atoms with Crippen molar-refractivity contribution in [2.45, 2.75) is 39.8 Å². The zero-order valence-corrected chi connectivity index (χ0v) is 9.92. The Kier molecular flexibility index (Phi) is 5.67. The molecule has 0 aliphatic rings. The number of amides is 1. The lowest BCUT2D eigenvalue weighted by Gasteiger charge is -2.26. The highest BCUT2D eigenvalue weighted by atomic mass is 16.1. The molecule has 0 aromatic carbocycles. The number of nitrogens with one attached hydrogen (secondary N) is 3. The van der Waals surface area contributed by atoms with Crippen LogP contribution in [0.1, 0.15) is 27.7 Å². The van der Waals surface area contributed by atoms with Gasteiger partial charge in [-0.2, -0.15) is 0 Å². The van der Waals surface area contributed by atoms with E-state index in [0.29, 0.717) is 0 Å². The molecule has 0 aromatic heterocycles. The van der Waals surface area contributed by atoms with Gasteiger partial charge >= 0.3 is 0 Å². The third-order valence-electron chi connectivity index (χ3n) is 2.06. The SMILES string of the molecule is C=C(NC(C)C=N)C(NC(C)=O)C(C)C. The van der Waals surface area contributed by atoms with Crippen LogP contribution in [-0.2, 0) is 4.79 Å². The highest BCUT2D eigenvalue weighted by Gasteiger charge is 2.18. The second-order valence-corrected chi connectivity index (χ2v) is 4.05. The molecule has 0 radical (unpaired) electrons. The predicted octanol–water partition coefficient (Wildman–Crippen LogP) is 1.29. The standard InChI is InChI=1S/C11H21N3O/c1-7(2)11(14-10(5)15)9(4)13-8(3)6-12/h6-8,11-13H,4H2,1-3,5H3,(H,14,15). The molecule has 0 spiro atoms. The van der Waals surface area contributed by atoms with Crippen LogP contribution in [0.4, 0.5) is 0 Å². The molecule has 4 heteroatoms. The Morgan fingerprint density at radius 2 is 1.87 bits per heavy atom. The second-order valence-electron chi connectivity index (χ2n) is 4.05. The van der Waals surface area contributed by atoms with E-state index in [1.54, 1.807) is 0 Å². The lowest BCUT2D eigenvalue weighted by Crippen LogP contribution is -2.44. The van der Waals surface area contributed by atoms with E-state index < -0.39 is 0 Å². The maximum Gasteiger partial charge on any atom is 0.217 e. The summed E-state index contributed by atoms with van der Waals surface area (Å²) in [7, 11) is 0. The van der Waals surface area contributed by atoms with Crippen LogP contribution in [0.2, 0.25) is 0 Å². The van der Waals surface area contributed by atoms with E-state index in [1.165, 1.54) is 13.1 Å². The number of carbonyl (C=O) groups excluding carboxylic acids is 1. The first kappa shape index (κ1) is 13.7. The quantitative estimate of drug-likeness (QED) is 0.580. The minimum Gasteiger partial charge on any atom is -0.380 e.